The number of nitrogens with one attached hydrogen (secondary N) is 1. The van der Waals surface area contributed by atoms with Crippen LogP contribution in [-0.4, -0.2) is 25.8 Å². The number of carbonyl (C=O) groups is 1. The molecule has 0 radical (unpaired) electrons. The summed E-state index contributed by atoms with van der Waals surface area (Å²) in [6, 6.07) is 20.5. The van der Waals surface area contributed by atoms with E-state index in [4.69, 9.17) is 25.8 Å². The van der Waals surface area contributed by atoms with Crippen molar-refractivity contribution in [3.63, 3.8) is 0 Å². The van der Waals surface area contributed by atoms with Crippen LogP contribution in [0.5, 0.6) is 17.2 Å². The molecule has 0 unspecified atom stereocenters. The van der Waals surface area contributed by atoms with Crippen LogP contribution >= 0.6 is 11.6 Å². The van der Waals surface area contributed by atoms with Crippen molar-refractivity contribution in [2.45, 2.75) is 13.5 Å². The monoisotopic (exact) mass is 438 g/mol. The Morgan fingerprint density at radius 2 is 1.84 bits per heavy atom. The maximum absolute atomic E-state index is 11.9. The Hall–Kier alpha value is -3.51. The summed E-state index contributed by atoms with van der Waals surface area (Å²) in [6.45, 7) is 2.15. The van der Waals surface area contributed by atoms with Gasteiger partial charge in [-0.15, -0.1) is 0 Å². The second kappa shape index (κ2) is 11.0. The number of ether oxygens (including phenoxy) is 3. The molecule has 0 saturated heterocycles. The van der Waals surface area contributed by atoms with Crippen molar-refractivity contribution in [2.24, 2.45) is 5.10 Å². The molecule has 3 aromatic rings. The minimum Gasteiger partial charge on any atom is -0.493 e. The van der Waals surface area contributed by atoms with E-state index in [9.17, 15) is 4.79 Å². The normalized spacial score (nSPS) is 10.7. The molecule has 0 saturated carbocycles. The molecule has 0 aliphatic carbocycles. The number of hydrogen-bond acceptors (Lipinski definition) is 5. The van der Waals surface area contributed by atoms with E-state index in [0.29, 0.717) is 28.9 Å². The number of hydrazone groups is 1. The quantitative estimate of drug-likeness (QED) is 0.386. The second-order valence-electron chi connectivity index (χ2n) is 6.68. The molecule has 0 bridgehead atoms. The topological polar surface area (TPSA) is 69.2 Å². The molecule has 3 aromatic carbocycles. The van der Waals surface area contributed by atoms with Crippen LogP contribution in [-0.2, 0) is 11.4 Å². The number of hydrogen-bond donors (Lipinski definition) is 1. The third-order valence-electron chi connectivity index (χ3n) is 4.33. The number of benzene rings is 3. The molecule has 1 N–H and O–H groups in total. The van der Waals surface area contributed by atoms with Crippen LogP contribution in [0, 0.1) is 6.92 Å². The van der Waals surface area contributed by atoms with Crippen molar-refractivity contribution in [1.29, 1.82) is 0 Å². The van der Waals surface area contributed by atoms with Gasteiger partial charge in [-0.05, 0) is 60.0 Å². The van der Waals surface area contributed by atoms with Gasteiger partial charge in [0.25, 0.3) is 5.91 Å². The fourth-order valence-electron chi connectivity index (χ4n) is 2.69. The summed E-state index contributed by atoms with van der Waals surface area (Å²) in [7, 11) is 1.57. The van der Waals surface area contributed by atoms with Gasteiger partial charge in [-0.1, -0.05) is 41.9 Å². The lowest BCUT2D eigenvalue weighted by atomic mass is 10.2. The Balaban J connectivity index is 1.51. The van der Waals surface area contributed by atoms with Crippen LogP contribution in [0.2, 0.25) is 5.02 Å². The fraction of sp³-hybridized carbons (Fsp3) is 0.167. The minimum atomic E-state index is -0.376. The van der Waals surface area contributed by atoms with Crippen LogP contribution in [0.25, 0.3) is 0 Å². The SMILES string of the molecule is COc1cc(C=NNC(=O)COc2ccc(Cl)c(C)c2)ccc1OCc1ccccc1. The zero-order chi connectivity index (χ0) is 22.1. The number of methoxy groups -OCH3 is 1. The second-order valence-corrected chi connectivity index (χ2v) is 7.08. The molecule has 0 heterocycles. The highest BCUT2D eigenvalue weighted by atomic mass is 35.5. The summed E-state index contributed by atoms with van der Waals surface area (Å²) in [5.41, 5.74) is 5.12. The van der Waals surface area contributed by atoms with Gasteiger partial charge >= 0.3 is 0 Å². The first-order chi connectivity index (χ1) is 15.0. The van der Waals surface area contributed by atoms with Gasteiger partial charge in [0.2, 0.25) is 0 Å². The Morgan fingerprint density at radius 3 is 2.58 bits per heavy atom. The van der Waals surface area contributed by atoms with Crippen LogP contribution < -0.4 is 19.6 Å². The van der Waals surface area contributed by atoms with Gasteiger partial charge in [0, 0.05) is 5.02 Å². The highest BCUT2D eigenvalue weighted by molar-refractivity contribution is 6.31. The number of rotatable bonds is 9. The molecule has 0 fully saturated rings. The maximum atomic E-state index is 11.9. The van der Waals surface area contributed by atoms with Crippen molar-refractivity contribution in [2.75, 3.05) is 13.7 Å². The number of halogens is 1. The van der Waals surface area contributed by atoms with Gasteiger partial charge in [-0.3, -0.25) is 4.79 Å². The van der Waals surface area contributed by atoms with Gasteiger partial charge in [-0.25, -0.2) is 5.43 Å². The van der Waals surface area contributed by atoms with Crippen molar-refractivity contribution in [3.05, 3.63) is 88.4 Å². The first-order valence-corrected chi connectivity index (χ1v) is 9.98. The summed E-state index contributed by atoms with van der Waals surface area (Å²) in [5.74, 6) is 1.39. The van der Waals surface area contributed by atoms with Crippen LogP contribution in [0.3, 0.4) is 0 Å². The van der Waals surface area contributed by atoms with Crippen LogP contribution in [0.15, 0.2) is 71.8 Å². The van der Waals surface area contributed by atoms with E-state index in [-0.39, 0.29) is 12.5 Å². The van der Waals surface area contributed by atoms with E-state index >= 15 is 0 Å². The first-order valence-electron chi connectivity index (χ1n) is 9.61. The summed E-state index contributed by atoms with van der Waals surface area (Å²) < 4.78 is 16.7. The van der Waals surface area contributed by atoms with E-state index in [1.807, 2.05) is 43.3 Å². The molecule has 1 amide bonds. The molecule has 0 atom stereocenters. The summed E-state index contributed by atoms with van der Waals surface area (Å²) in [5, 5.41) is 4.61. The Labute approximate surface area is 186 Å². The third-order valence-corrected chi connectivity index (χ3v) is 4.75. The predicted octanol–water partition coefficient (Wildman–Crippen LogP) is 4.77. The zero-order valence-corrected chi connectivity index (χ0v) is 18.1. The Bertz CT molecular complexity index is 1050. The molecule has 0 spiro atoms. The lowest BCUT2D eigenvalue weighted by molar-refractivity contribution is -0.123. The number of nitrogens with zero attached hydrogens (tertiary/aromatic N) is 1. The van der Waals surface area contributed by atoms with Crippen molar-refractivity contribution >= 4 is 23.7 Å². The molecular formula is C24H23ClN2O4. The van der Waals surface area contributed by atoms with Gasteiger partial charge in [0.05, 0.1) is 13.3 Å². The minimum absolute atomic E-state index is 0.159. The average Bonchev–Trinajstić information content (AvgIpc) is 2.79. The van der Waals surface area contributed by atoms with E-state index < -0.39 is 0 Å². The third kappa shape index (κ3) is 6.76. The van der Waals surface area contributed by atoms with E-state index in [0.717, 1.165) is 16.7 Å². The predicted molar refractivity (Wildman–Crippen MR) is 121 cm³/mol. The molecule has 31 heavy (non-hydrogen) atoms. The number of amides is 1. The molecular weight excluding hydrogens is 416 g/mol. The van der Waals surface area contributed by atoms with Crippen molar-refractivity contribution < 1.29 is 19.0 Å². The van der Waals surface area contributed by atoms with Crippen LogP contribution in [0.4, 0.5) is 0 Å². The molecule has 7 heteroatoms. The molecule has 0 aliphatic heterocycles. The number of carbonyl (C=O) groups excluding carboxylic acids is 1. The van der Waals surface area contributed by atoms with E-state index in [1.165, 1.54) is 6.21 Å². The lowest BCUT2D eigenvalue weighted by Crippen LogP contribution is -2.24. The Kier molecular flexibility index (Phi) is 7.90. The highest BCUT2D eigenvalue weighted by Crippen LogP contribution is 2.28. The van der Waals surface area contributed by atoms with Crippen molar-refractivity contribution in [1.82, 2.24) is 5.43 Å². The fourth-order valence-corrected chi connectivity index (χ4v) is 2.80. The van der Waals surface area contributed by atoms with Gasteiger partial charge < -0.3 is 14.2 Å². The standard InChI is InChI=1S/C24H23ClN2O4/c1-17-12-20(9-10-21(17)25)30-16-24(28)27-26-14-19-8-11-22(23(13-19)29-2)31-15-18-6-4-3-5-7-18/h3-14H,15-16H2,1-2H3,(H,27,28). The van der Waals surface area contributed by atoms with Crippen LogP contribution in [0.1, 0.15) is 16.7 Å². The highest BCUT2D eigenvalue weighted by Gasteiger charge is 2.06. The number of aryl methyl sites for hydroxylation is 1. The Morgan fingerprint density at radius 1 is 1.03 bits per heavy atom. The largest absolute Gasteiger partial charge is 0.493 e. The molecule has 0 aromatic heterocycles. The summed E-state index contributed by atoms with van der Waals surface area (Å²) >= 11 is 5.98. The average molecular weight is 439 g/mol. The smallest absolute Gasteiger partial charge is 0.277 e. The van der Waals surface area contributed by atoms with Gasteiger partial charge in [0.15, 0.2) is 18.1 Å². The van der Waals surface area contributed by atoms with Crippen molar-refractivity contribution in [3.8, 4) is 17.2 Å². The van der Waals surface area contributed by atoms with E-state index in [2.05, 4.69) is 10.5 Å². The summed E-state index contributed by atoms with van der Waals surface area (Å²) in [4.78, 5) is 11.9. The maximum Gasteiger partial charge on any atom is 0.277 e. The van der Waals surface area contributed by atoms with Gasteiger partial charge in [0.1, 0.15) is 12.4 Å². The molecule has 3 rings (SSSR count). The van der Waals surface area contributed by atoms with E-state index in [1.54, 1.807) is 37.4 Å². The zero-order valence-electron chi connectivity index (χ0n) is 17.3. The molecule has 0 aliphatic rings. The lowest BCUT2D eigenvalue weighted by Gasteiger charge is -2.11. The summed E-state index contributed by atoms with van der Waals surface area (Å²) in [6.07, 6.45) is 1.52. The molecule has 160 valence electrons. The molecule has 6 nitrogen and oxygen atoms in total. The van der Waals surface area contributed by atoms with Gasteiger partial charge in [-0.2, -0.15) is 5.10 Å². The first kappa shape index (κ1) is 22.2.